The van der Waals surface area contributed by atoms with Crippen molar-refractivity contribution in [3.8, 4) is 5.75 Å². The van der Waals surface area contributed by atoms with E-state index in [1.54, 1.807) is 14.1 Å². The van der Waals surface area contributed by atoms with Gasteiger partial charge in [-0.05, 0) is 81.1 Å². The molecule has 1 aliphatic heterocycles. The molecule has 0 spiro atoms. The summed E-state index contributed by atoms with van der Waals surface area (Å²) in [6, 6.07) is 0.713. The topological polar surface area (TPSA) is 147 Å². The molecule has 3 N–H and O–H groups in total. The summed E-state index contributed by atoms with van der Waals surface area (Å²) in [7, 11) is 3.18. The molecule has 238 valence electrons. The van der Waals surface area contributed by atoms with Gasteiger partial charge in [0.15, 0.2) is 34.7 Å². The predicted octanol–water partition coefficient (Wildman–Crippen LogP) is 2.23. The third-order valence-electron chi connectivity index (χ3n) is 11.0. The summed E-state index contributed by atoms with van der Waals surface area (Å²) >= 11 is 7.10. The Morgan fingerprint density at radius 2 is 1.82 bits per heavy atom. The number of aliphatic hydroxyl groups is 1. The number of carbonyl (C=O) groups excluding carboxylic acids is 5. The van der Waals surface area contributed by atoms with E-state index in [0.29, 0.717) is 41.3 Å². The van der Waals surface area contributed by atoms with Gasteiger partial charge in [-0.15, -0.1) is 0 Å². The number of primary amides is 1. The van der Waals surface area contributed by atoms with Crippen LogP contribution in [0.2, 0.25) is 5.02 Å². The van der Waals surface area contributed by atoms with Gasteiger partial charge in [-0.3, -0.25) is 33.8 Å². The summed E-state index contributed by atoms with van der Waals surface area (Å²) in [6.45, 7) is 5.08. The standard InChI is InChI=1S/C33H42ClN3O7/c1-4-5-9-44-22-12-19(15-37-13-16-7-6-8-17(16)14-37)26(34)20-10-18-11-21-27(36(2)3)29(39)25(32(35)42)31(41)33(21,43)30(40)23(18)28(38)24(20)22/h12,16-18,21,23,25,27,43H,4-11,13-15H2,1-3H3,(H2,35,42). The van der Waals surface area contributed by atoms with Gasteiger partial charge in [-0.1, -0.05) is 31.4 Å². The number of hydrogen-bond acceptors (Lipinski definition) is 9. The number of nitrogens with two attached hydrogens (primary N) is 1. The van der Waals surface area contributed by atoms with E-state index in [0.717, 1.165) is 31.5 Å². The molecule has 5 aliphatic rings. The number of rotatable bonds is 8. The van der Waals surface area contributed by atoms with Crippen LogP contribution in [0, 0.1) is 35.5 Å². The van der Waals surface area contributed by atoms with Crippen LogP contribution in [0.1, 0.15) is 66.9 Å². The average molecular weight is 628 g/mol. The molecule has 1 amide bonds. The van der Waals surface area contributed by atoms with Gasteiger partial charge in [0.25, 0.3) is 0 Å². The van der Waals surface area contributed by atoms with E-state index in [9.17, 15) is 29.1 Å². The first-order chi connectivity index (χ1) is 20.9. The van der Waals surface area contributed by atoms with E-state index in [2.05, 4.69) is 4.90 Å². The number of likely N-dealkylation sites (N-methyl/N-ethyl adjacent to an activating group) is 1. The maximum Gasteiger partial charge on any atom is 0.235 e. The molecule has 44 heavy (non-hydrogen) atoms. The molecule has 1 saturated heterocycles. The number of hydrogen-bond donors (Lipinski definition) is 2. The van der Waals surface area contributed by atoms with Crippen molar-refractivity contribution >= 4 is 40.6 Å². The molecule has 4 fully saturated rings. The summed E-state index contributed by atoms with van der Waals surface area (Å²) < 4.78 is 6.18. The lowest BCUT2D eigenvalue weighted by molar-refractivity contribution is -0.181. The minimum absolute atomic E-state index is 0.0476. The molecule has 8 atom stereocenters. The average Bonchev–Trinajstić information content (AvgIpc) is 3.55. The molecule has 0 aromatic heterocycles. The zero-order valence-electron chi connectivity index (χ0n) is 25.6. The molecule has 1 heterocycles. The minimum Gasteiger partial charge on any atom is -0.493 e. The second kappa shape index (κ2) is 11.6. The highest BCUT2D eigenvalue weighted by atomic mass is 35.5. The Bertz CT molecular complexity index is 1420. The number of Topliss-reactive ketones (excluding diaryl/α,β-unsaturated/α-hetero) is 4. The molecule has 6 rings (SSSR count). The molecule has 0 bridgehead atoms. The van der Waals surface area contributed by atoms with Gasteiger partial charge in [0.05, 0.1) is 24.1 Å². The zero-order valence-corrected chi connectivity index (χ0v) is 26.4. The van der Waals surface area contributed by atoms with Gasteiger partial charge in [-0.25, -0.2) is 0 Å². The number of ketones is 4. The van der Waals surface area contributed by atoms with E-state index in [1.165, 1.54) is 24.2 Å². The van der Waals surface area contributed by atoms with Gasteiger partial charge in [0, 0.05) is 30.6 Å². The number of carbonyl (C=O) groups is 5. The van der Waals surface area contributed by atoms with Crippen molar-refractivity contribution in [3.63, 3.8) is 0 Å². The largest absolute Gasteiger partial charge is 0.493 e. The summed E-state index contributed by atoms with van der Waals surface area (Å²) in [5.41, 5.74) is 4.44. The highest BCUT2D eigenvalue weighted by Gasteiger charge is 2.69. The van der Waals surface area contributed by atoms with Gasteiger partial charge in [0.1, 0.15) is 5.75 Å². The van der Waals surface area contributed by atoms with Crippen LogP contribution in [0.25, 0.3) is 0 Å². The number of amides is 1. The fourth-order valence-electron chi connectivity index (χ4n) is 8.95. The number of fused-ring (bicyclic) bond motifs is 4. The molecular weight excluding hydrogens is 586 g/mol. The number of nitrogens with zero attached hydrogens (tertiary/aromatic N) is 2. The lowest BCUT2D eigenvalue weighted by Crippen LogP contribution is -2.74. The third-order valence-corrected chi connectivity index (χ3v) is 11.5. The van der Waals surface area contributed by atoms with E-state index < -0.39 is 64.4 Å². The Kier molecular flexibility index (Phi) is 8.26. The Hall–Kier alpha value is -2.66. The van der Waals surface area contributed by atoms with E-state index in [4.69, 9.17) is 22.1 Å². The molecule has 0 radical (unpaired) electrons. The van der Waals surface area contributed by atoms with Crippen LogP contribution in [0.5, 0.6) is 5.75 Å². The van der Waals surface area contributed by atoms with Crippen LogP contribution in [0.15, 0.2) is 6.07 Å². The second-order valence-corrected chi connectivity index (χ2v) is 14.2. The summed E-state index contributed by atoms with van der Waals surface area (Å²) in [5.74, 6) is -7.98. The maximum atomic E-state index is 14.3. The maximum absolute atomic E-state index is 14.3. The predicted molar refractivity (Wildman–Crippen MR) is 161 cm³/mol. The highest BCUT2D eigenvalue weighted by molar-refractivity contribution is 6.34. The SMILES string of the molecule is CCCCOc1cc(CN2CC3CCCC3C2)c(Cl)c2c1C(=O)C1C(=O)C3(O)C(=O)C(C(N)=O)C(=O)C(N(C)C)C3CC1C2. The molecule has 1 aromatic rings. The number of ether oxygens (including phenoxy) is 1. The highest BCUT2D eigenvalue weighted by Crippen LogP contribution is 2.52. The van der Waals surface area contributed by atoms with Gasteiger partial charge < -0.3 is 15.6 Å². The van der Waals surface area contributed by atoms with Crippen molar-refractivity contribution in [2.24, 2.45) is 41.2 Å². The monoisotopic (exact) mass is 627 g/mol. The minimum atomic E-state index is -2.70. The lowest BCUT2D eigenvalue weighted by atomic mass is 9.52. The Balaban J connectivity index is 1.40. The fourth-order valence-corrected chi connectivity index (χ4v) is 9.23. The molecule has 3 saturated carbocycles. The quantitative estimate of drug-likeness (QED) is 0.327. The van der Waals surface area contributed by atoms with Gasteiger partial charge >= 0.3 is 0 Å². The first kappa shape index (κ1) is 31.3. The van der Waals surface area contributed by atoms with Crippen molar-refractivity contribution in [3.05, 3.63) is 27.8 Å². The van der Waals surface area contributed by atoms with Crippen LogP contribution in [0.3, 0.4) is 0 Å². The molecule has 11 heteroatoms. The molecule has 1 aromatic carbocycles. The zero-order chi connectivity index (χ0) is 31.7. The van der Waals surface area contributed by atoms with Crippen LogP contribution in [0.4, 0.5) is 0 Å². The van der Waals surface area contributed by atoms with Crippen molar-refractivity contribution in [1.29, 1.82) is 0 Å². The number of likely N-dealkylation sites (tertiary alicyclic amines) is 1. The van der Waals surface area contributed by atoms with Crippen molar-refractivity contribution in [2.75, 3.05) is 33.8 Å². The molecule has 10 nitrogen and oxygen atoms in total. The smallest absolute Gasteiger partial charge is 0.235 e. The number of unbranched alkanes of at least 4 members (excludes halogenated alkanes) is 1. The molecular formula is C33H42ClN3O7. The first-order valence-corrected chi connectivity index (χ1v) is 16.3. The lowest BCUT2D eigenvalue weighted by Gasteiger charge is -2.52. The first-order valence-electron chi connectivity index (χ1n) is 15.9. The third kappa shape index (κ3) is 4.75. The van der Waals surface area contributed by atoms with Crippen molar-refractivity contribution in [1.82, 2.24) is 9.80 Å². The Morgan fingerprint density at radius 3 is 2.43 bits per heavy atom. The van der Waals surface area contributed by atoms with E-state index >= 15 is 0 Å². The second-order valence-electron chi connectivity index (χ2n) is 13.8. The fraction of sp³-hybridized carbons (Fsp3) is 0.667. The molecule has 8 unspecified atom stereocenters. The summed E-state index contributed by atoms with van der Waals surface area (Å²) in [4.78, 5) is 71.6. The van der Waals surface area contributed by atoms with Crippen LogP contribution >= 0.6 is 11.6 Å². The van der Waals surface area contributed by atoms with Crippen LogP contribution in [-0.2, 0) is 32.1 Å². The van der Waals surface area contributed by atoms with Crippen LogP contribution in [-0.4, -0.2) is 89.4 Å². The van der Waals surface area contributed by atoms with Gasteiger partial charge in [-0.2, -0.15) is 0 Å². The summed E-state index contributed by atoms with van der Waals surface area (Å²) in [6.07, 6.45) is 5.75. The normalized spacial score (nSPS) is 35.0. The van der Waals surface area contributed by atoms with Crippen LogP contribution < -0.4 is 10.5 Å². The number of halogens is 1. The van der Waals surface area contributed by atoms with Crippen molar-refractivity contribution in [2.45, 2.75) is 70.1 Å². The molecule has 4 aliphatic carbocycles. The Labute approximate surface area is 262 Å². The van der Waals surface area contributed by atoms with E-state index in [1.807, 2.05) is 13.0 Å². The number of benzene rings is 1. The van der Waals surface area contributed by atoms with E-state index in [-0.39, 0.29) is 18.4 Å². The van der Waals surface area contributed by atoms with Crippen molar-refractivity contribution < 1.29 is 33.8 Å². The summed E-state index contributed by atoms with van der Waals surface area (Å²) in [5, 5.41) is 12.3. The van der Waals surface area contributed by atoms with Gasteiger partial charge in [0.2, 0.25) is 5.91 Å². The Morgan fingerprint density at radius 1 is 1.14 bits per heavy atom.